The summed E-state index contributed by atoms with van der Waals surface area (Å²) in [5, 5.41) is 0. The molecule has 0 saturated heterocycles. The van der Waals surface area contributed by atoms with Crippen molar-refractivity contribution in [3.05, 3.63) is 0 Å². The van der Waals surface area contributed by atoms with Crippen molar-refractivity contribution in [3.63, 3.8) is 0 Å². The van der Waals surface area contributed by atoms with E-state index in [1.807, 2.05) is 6.21 Å². The lowest BCUT2D eigenvalue weighted by Crippen LogP contribution is -2.26. The van der Waals surface area contributed by atoms with Crippen molar-refractivity contribution in [3.8, 4) is 0 Å². The molecule has 0 radical (unpaired) electrons. The molecule has 2 atom stereocenters. The van der Waals surface area contributed by atoms with Gasteiger partial charge in [0.25, 0.3) is 0 Å². The SMILES string of the molecule is CC1C=NC[C@H]1N. The van der Waals surface area contributed by atoms with Crippen LogP contribution in [0.4, 0.5) is 0 Å². The first-order chi connectivity index (χ1) is 3.30. The van der Waals surface area contributed by atoms with Gasteiger partial charge in [-0.1, -0.05) is 6.92 Å². The number of rotatable bonds is 0. The normalized spacial score (nSPS) is 39.7. The fourth-order valence-corrected chi connectivity index (χ4v) is 0.626. The van der Waals surface area contributed by atoms with Gasteiger partial charge in [0.15, 0.2) is 0 Å². The minimum absolute atomic E-state index is 0.292. The smallest absolute Gasteiger partial charge is 0.0543 e. The number of hydrogen-bond donors (Lipinski definition) is 1. The Morgan fingerprint density at radius 1 is 1.86 bits per heavy atom. The Morgan fingerprint density at radius 3 is 2.71 bits per heavy atom. The highest BCUT2D eigenvalue weighted by atomic mass is 14.8. The average Bonchev–Trinajstić information content (AvgIpc) is 1.91. The molecule has 0 aliphatic carbocycles. The molecule has 2 N–H and O–H groups in total. The molecule has 1 heterocycles. The minimum atomic E-state index is 0.292. The second-order valence-electron chi connectivity index (χ2n) is 2.04. The third kappa shape index (κ3) is 0.800. The largest absolute Gasteiger partial charge is 0.326 e. The van der Waals surface area contributed by atoms with Gasteiger partial charge in [0, 0.05) is 18.2 Å². The third-order valence-electron chi connectivity index (χ3n) is 1.33. The summed E-state index contributed by atoms with van der Waals surface area (Å²) in [6.45, 7) is 2.91. The fraction of sp³-hybridized carbons (Fsp3) is 0.800. The maximum absolute atomic E-state index is 5.55. The van der Waals surface area contributed by atoms with Crippen LogP contribution >= 0.6 is 0 Å². The van der Waals surface area contributed by atoms with Crippen LogP contribution in [0, 0.1) is 5.92 Å². The molecule has 1 unspecified atom stereocenters. The van der Waals surface area contributed by atoms with E-state index in [2.05, 4.69) is 11.9 Å². The number of aliphatic imine (C=N–C) groups is 1. The maximum atomic E-state index is 5.55. The van der Waals surface area contributed by atoms with Gasteiger partial charge in [-0.3, -0.25) is 4.99 Å². The highest BCUT2D eigenvalue weighted by molar-refractivity contribution is 5.63. The number of hydrogen-bond acceptors (Lipinski definition) is 2. The van der Waals surface area contributed by atoms with Crippen LogP contribution in [0.15, 0.2) is 4.99 Å². The highest BCUT2D eigenvalue weighted by Crippen LogP contribution is 2.03. The van der Waals surface area contributed by atoms with Gasteiger partial charge in [-0.25, -0.2) is 0 Å². The molecule has 0 saturated carbocycles. The highest BCUT2D eigenvalue weighted by Gasteiger charge is 2.13. The van der Waals surface area contributed by atoms with Crippen LogP contribution in [0.25, 0.3) is 0 Å². The Morgan fingerprint density at radius 2 is 2.57 bits per heavy atom. The molecule has 1 rings (SSSR count). The minimum Gasteiger partial charge on any atom is -0.326 e. The predicted molar refractivity (Wildman–Crippen MR) is 30.5 cm³/mol. The summed E-state index contributed by atoms with van der Waals surface area (Å²) in [6.07, 6.45) is 1.92. The predicted octanol–water partition coefficient (Wildman–Crippen LogP) is 0.0342. The molecule has 1 aliphatic rings. The van der Waals surface area contributed by atoms with Gasteiger partial charge in [-0.2, -0.15) is 0 Å². The number of nitrogens with zero attached hydrogens (tertiary/aromatic N) is 1. The molecule has 0 amide bonds. The molecule has 0 fully saturated rings. The molecule has 0 bridgehead atoms. The summed E-state index contributed by atoms with van der Waals surface area (Å²) in [5.74, 6) is 0.500. The van der Waals surface area contributed by atoms with Gasteiger partial charge >= 0.3 is 0 Å². The van der Waals surface area contributed by atoms with E-state index in [0.29, 0.717) is 12.0 Å². The van der Waals surface area contributed by atoms with Crippen LogP contribution in [0.3, 0.4) is 0 Å². The van der Waals surface area contributed by atoms with Crippen LogP contribution in [0.5, 0.6) is 0 Å². The molecule has 0 spiro atoms. The monoisotopic (exact) mass is 98.1 g/mol. The van der Waals surface area contributed by atoms with Crippen LogP contribution < -0.4 is 5.73 Å². The molecule has 0 aromatic rings. The van der Waals surface area contributed by atoms with Gasteiger partial charge in [0.05, 0.1) is 6.54 Å². The molecule has 2 heteroatoms. The van der Waals surface area contributed by atoms with E-state index in [1.54, 1.807) is 0 Å². The Bertz CT molecular complexity index is 88.1. The Hall–Kier alpha value is -0.370. The molecule has 2 nitrogen and oxygen atoms in total. The third-order valence-corrected chi connectivity index (χ3v) is 1.33. The first kappa shape index (κ1) is 4.78. The van der Waals surface area contributed by atoms with Crippen LogP contribution in [-0.2, 0) is 0 Å². The zero-order chi connectivity index (χ0) is 5.28. The Balaban J connectivity index is 2.45. The van der Waals surface area contributed by atoms with Crippen molar-refractivity contribution in [1.82, 2.24) is 0 Å². The van der Waals surface area contributed by atoms with Crippen LogP contribution in [-0.4, -0.2) is 18.8 Å². The summed E-state index contributed by atoms with van der Waals surface area (Å²) < 4.78 is 0. The van der Waals surface area contributed by atoms with Gasteiger partial charge < -0.3 is 5.73 Å². The summed E-state index contributed by atoms with van der Waals surface area (Å²) in [4.78, 5) is 4.00. The number of nitrogens with two attached hydrogens (primary N) is 1. The summed E-state index contributed by atoms with van der Waals surface area (Å²) >= 11 is 0. The average molecular weight is 98.1 g/mol. The first-order valence-corrected chi connectivity index (χ1v) is 2.56. The van der Waals surface area contributed by atoms with E-state index < -0.39 is 0 Å². The summed E-state index contributed by atoms with van der Waals surface area (Å²) in [7, 11) is 0. The van der Waals surface area contributed by atoms with Gasteiger partial charge in [0.2, 0.25) is 0 Å². The zero-order valence-electron chi connectivity index (χ0n) is 4.46. The van der Waals surface area contributed by atoms with E-state index in [0.717, 1.165) is 6.54 Å². The van der Waals surface area contributed by atoms with Gasteiger partial charge in [-0.15, -0.1) is 0 Å². The van der Waals surface area contributed by atoms with Crippen molar-refractivity contribution < 1.29 is 0 Å². The lowest BCUT2D eigenvalue weighted by molar-refractivity contribution is 0.621. The Labute approximate surface area is 43.4 Å². The van der Waals surface area contributed by atoms with Gasteiger partial charge in [0.1, 0.15) is 0 Å². The lowest BCUT2D eigenvalue weighted by Gasteiger charge is -2.03. The van der Waals surface area contributed by atoms with Crippen molar-refractivity contribution in [2.75, 3.05) is 6.54 Å². The Kier molecular flexibility index (Phi) is 1.11. The summed E-state index contributed by atoms with van der Waals surface area (Å²) in [6, 6.07) is 0.292. The van der Waals surface area contributed by atoms with Crippen molar-refractivity contribution >= 4 is 6.21 Å². The van der Waals surface area contributed by atoms with Crippen LogP contribution in [0.2, 0.25) is 0 Å². The molecule has 7 heavy (non-hydrogen) atoms. The summed E-state index contributed by atoms with van der Waals surface area (Å²) in [5.41, 5.74) is 5.55. The quantitative estimate of drug-likeness (QED) is 0.456. The van der Waals surface area contributed by atoms with Crippen molar-refractivity contribution in [2.24, 2.45) is 16.6 Å². The molecule has 0 aromatic carbocycles. The van der Waals surface area contributed by atoms with Gasteiger partial charge in [-0.05, 0) is 0 Å². The topological polar surface area (TPSA) is 38.4 Å². The molecular formula is C5H10N2. The van der Waals surface area contributed by atoms with Crippen molar-refractivity contribution in [1.29, 1.82) is 0 Å². The molecule has 1 aliphatic heterocycles. The molecular weight excluding hydrogens is 88.1 g/mol. The van der Waals surface area contributed by atoms with Crippen molar-refractivity contribution in [2.45, 2.75) is 13.0 Å². The zero-order valence-corrected chi connectivity index (χ0v) is 4.46. The second kappa shape index (κ2) is 1.62. The van der Waals surface area contributed by atoms with E-state index in [1.165, 1.54) is 0 Å². The van der Waals surface area contributed by atoms with Crippen LogP contribution in [0.1, 0.15) is 6.92 Å². The second-order valence-corrected chi connectivity index (χ2v) is 2.04. The van der Waals surface area contributed by atoms with E-state index in [4.69, 9.17) is 5.73 Å². The van der Waals surface area contributed by atoms with E-state index >= 15 is 0 Å². The molecule has 0 aromatic heterocycles. The standard InChI is InChI=1S/C5H10N2/c1-4-2-7-3-5(4)6/h2,4-5H,3,6H2,1H3/t4?,5-/m1/s1. The first-order valence-electron chi connectivity index (χ1n) is 2.56. The fourth-order valence-electron chi connectivity index (χ4n) is 0.626. The molecule has 40 valence electrons. The lowest BCUT2D eigenvalue weighted by atomic mass is 10.1. The van der Waals surface area contributed by atoms with E-state index in [9.17, 15) is 0 Å². The van der Waals surface area contributed by atoms with E-state index in [-0.39, 0.29) is 0 Å². The maximum Gasteiger partial charge on any atom is 0.0543 e.